The third-order valence-corrected chi connectivity index (χ3v) is 4.05. The summed E-state index contributed by atoms with van der Waals surface area (Å²) in [5.41, 5.74) is 5.63. The van der Waals surface area contributed by atoms with E-state index >= 15 is 0 Å². The van der Waals surface area contributed by atoms with Crippen molar-refractivity contribution in [2.45, 2.75) is 12.5 Å². The number of carboxylic acids is 1. The summed E-state index contributed by atoms with van der Waals surface area (Å²) in [6.07, 6.45) is 1.59. The lowest BCUT2D eigenvalue weighted by Gasteiger charge is -2.35. The maximum absolute atomic E-state index is 11.2. The van der Waals surface area contributed by atoms with E-state index in [4.69, 9.17) is 10.8 Å². The van der Waals surface area contributed by atoms with Crippen LogP contribution in [0.1, 0.15) is 16.8 Å². The van der Waals surface area contributed by atoms with Crippen molar-refractivity contribution >= 4 is 29.5 Å². The lowest BCUT2D eigenvalue weighted by Crippen LogP contribution is -2.44. The summed E-state index contributed by atoms with van der Waals surface area (Å²) in [4.78, 5) is 28.2. The van der Waals surface area contributed by atoms with E-state index in [0.717, 1.165) is 18.1 Å². The first-order chi connectivity index (χ1) is 9.08. The van der Waals surface area contributed by atoms with Crippen molar-refractivity contribution in [3.63, 3.8) is 0 Å². The molecule has 0 spiro atoms. The summed E-state index contributed by atoms with van der Waals surface area (Å²) < 4.78 is 0. The smallest absolute Gasteiger partial charge is 0.305 e. The van der Waals surface area contributed by atoms with Crippen LogP contribution in [0.2, 0.25) is 0 Å². The van der Waals surface area contributed by atoms with Crippen molar-refractivity contribution in [2.24, 2.45) is 5.73 Å². The number of aromatic nitrogens is 1. The van der Waals surface area contributed by atoms with Crippen LogP contribution in [0.15, 0.2) is 18.3 Å². The standard InChI is InChI=1S/C12H15N3O3S/c13-12(18)8-1-2-14-10(5-8)15-3-4-19-7-9(15)6-11(16)17/h1-2,5,9H,3-4,6-7H2,(H2,13,18)(H,16,17). The summed E-state index contributed by atoms with van der Waals surface area (Å²) in [5, 5.41) is 8.94. The molecule has 0 saturated carbocycles. The van der Waals surface area contributed by atoms with Crippen molar-refractivity contribution in [1.82, 2.24) is 4.98 Å². The molecule has 1 atom stereocenters. The minimum atomic E-state index is -0.830. The molecule has 1 aliphatic rings. The van der Waals surface area contributed by atoms with E-state index < -0.39 is 11.9 Å². The summed E-state index contributed by atoms with van der Waals surface area (Å²) >= 11 is 1.73. The van der Waals surface area contributed by atoms with Crippen LogP contribution in [0.25, 0.3) is 0 Å². The molecule has 1 amide bonds. The van der Waals surface area contributed by atoms with Gasteiger partial charge in [0.05, 0.1) is 6.42 Å². The summed E-state index contributed by atoms with van der Waals surface area (Å²) in [5.74, 6) is 0.934. The van der Waals surface area contributed by atoms with Crippen LogP contribution in [0.4, 0.5) is 5.82 Å². The summed E-state index contributed by atoms with van der Waals surface area (Å²) in [7, 11) is 0. The molecule has 2 rings (SSSR count). The predicted octanol–water partition coefficient (Wildman–Crippen LogP) is 0.577. The van der Waals surface area contributed by atoms with E-state index in [1.807, 2.05) is 4.90 Å². The second-order valence-electron chi connectivity index (χ2n) is 4.29. The number of aliphatic carboxylic acids is 1. The van der Waals surface area contributed by atoms with Gasteiger partial charge in [-0.3, -0.25) is 9.59 Å². The van der Waals surface area contributed by atoms with Gasteiger partial charge in [-0.25, -0.2) is 4.98 Å². The number of nitrogens with two attached hydrogens (primary N) is 1. The molecule has 1 saturated heterocycles. The molecule has 102 valence electrons. The monoisotopic (exact) mass is 281 g/mol. The van der Waals surface area contributed by atoms with E-state index in [2.05, 4.69) is 4.98 Å². The molecule has 0 aromatic carbocycles. The second kappa shape index (κ2) is 5.92. The number of nitrogens with zero attached hydrogens (tertiary/aromatic N) is 2. The number of carbonyl (C=O) groups is 2. The SMILES string of the molecule is NC(=O)c1ccnc(N2CCSCC2CC(=O)O)c1. The van der Waals surface area contributed by atoms with E-state index in [1.54, 1.807) is 23.9 Å². The molecule has 1 unspecified atom stereocenters. The highest BCUT2D eigenvalue weighted by molar-refractivity contribution is 7.99. The van der Waals surface area contributed by atoms with Crippen molar-refractivity contribution < 1.29 is 14.7 Å². The Kier molecular flexibility index (Phi) is 4.26. The van der Waals surface area contributed by atoms with Gasteiger partial charge >= 0.3 is 5.97 Å². The van der Waals surface area contributed by atoms with Crippen LogP contribution in [0, 0.1) is 0 Å². The molecular weight excluding hydrogens is 266 g/mol. The van der Waals surface area contributed by atoms with Crippen LogP contribution >= 0.6 is 11.8 Å². The third kappa shape index (κ3) is 3.37. The lowest BCUT2D eigenvalue weighted by molar-refractivity contribution is -0.137. The molecule has 0 radical (unpaired) electrons. The van der Waals surface area contributed by atoms with Gasteiger partial charge in [-0.15, -0.1) is 0 Å². The maximum atomic E-state index is 11.2. The number of carboxylic acid groups (broad SMARTS) is 1. The fraction of sp³-hybridized carbons (Fsp3) is 0.417. The molecule has 0 aliphatic carbocycles. The van der Waals surface area contributed by atoms with Crippen LogP contribution in [0.5, 0.6) is 0 Å². The Morgan fingerprint density at radius 3 is 3.05 bits per heavy atom. The fourth-order valence-corrected chi connectivity index (χ4v) is 3.12. The highest BCUT2D eigenvalue weighted by Gasteiger charge is 2.26. The van der Waals surface area contributed by atoms with Gasteiger partial charge in [0, 0.05) is 35.9 Å². The highest BCUT2D eigenvalue weighted by atomic mass is 32.2. The van der Waals surface area contributed by atoms with Crippen LogP contribution < -0.4 is 10.6 Å². The average Bonchev–Trinajstić information content (AvgIpc) is 2.39. The van der Waals surface area contributed by atoms with E-state index in [0.29, 0.717) is 11.4 Å². The summed E-state index contributed by atoms with van der Waals surface area (Å²) in [6, 6.07) is 3.07. The number of primary amides is 1. The zero-order valence-electron chi connectivity index (χ0n) is 10.3. The Hall–Kier alpha value is -1.76. The number of pyridine rings is 1. The van der Waals surface area contributed by atoms with Gasteiger partial charge in [0.1, 0.15) is 5.82 Å². The van der Waals surface area contributed by atoms with Crippen molar-refractivity contribution in [3.05, 3.63) is 23.9 Å². The molecule has 6 nitrogen and oxygen atoms in total. The Morgan fingerprint density at radius 1 is 1.58 bits per heavy atom. The van der Waals surface area contributed by atoms with Crippen LogP contribution in [-0.2, 0) is 4.79 Å². The average molecular weight is 281 g/mol. The number of hydrogen-bond donors (Lipinski definition) is 2. The first-order valence-corrected chi connectivity index (χ1v) is 7.05. The predicted molar refractivity (Wildman–Crippen MR) is 73.5 cm³/mol. The number of amides is 1. The Bertz CT molecular complexity index is 495. The zero-order chi connectivity index (χ0) is 13.8. The number of carbonyl (C=O) groups excluding carboxylic acids is 1. The number of rotatable bonds is 4. The number of anilines is 1. The van der Waals surface area contributed by atoms with Gasteiger partial charge in [0.2, 0.25) is 5.91 Å². The first-order valence-electron chi connectivity index (χ1n) is 5.90. The molecule has 2 heterocycles. The van der Waals surface area contributed by atoms with Gasteiger partial charge in [0.25, 0.3) is 0 Å². The number of thioether (sulfide) groups is 1. The van der Waals surface area contributed by atoms with Gasteiger partial charge in [0.15, 0.2) is 0 Å². The molecule has 1 aromatic rings. The van der Waals surface area contributed by atoms with Crippen molar-refractivity contribution in [3.8, 4) is 0 Å². The van der Waals surface area contributed by atoms with Crippen molar-refractivity contribution in [1.29, 1.82) is 0 Å². The van der Waals surface area contributed by atoms with E-state index in [1.165, 1.54) is 6.20 Å². The molecular formula is C12H15N3O3S. The molecule has 0 bridgehead atoms. The highest BCUT2D eigenvalue weighted by Crippen LogP contribution is 2.24. The Morgan fingerprint density at radius 2 is 2.37 bits per heavy atom. The molecule has 3 N–H and O–H groups in total. The molecule has 1 fully saturated rings. The number of hydrogen-bond acceptors (Lipinski definition) is 5. The molecule has 1 aliphatic heterocycles. The minimum Gasteiger partial charge on any atom is -0.481 e. The van der Waals surface area contributed by atoms with Gasteiger partial charge in [-0.1, -0.05) is 0 Å². The fourth-order valence-electron chi connectivity index (χ4n) is 2.06. The topological polar surface area (TPSA) is 96.5 Å². The van der Waals surface area contributed by atoms with Gasteiger partial charge in [-0.05, 0) is 12.1 Å². The second-order valence-corrected chi connectivity index (χ2v) is 5.44. The maximum Gasteiger partial charge on any atom is 0.305 e. The lowest BCUT2D eigenvalue weighted by atomic mass is 10.1. The Labute approximate surface area is 115 Å². The Balaban J connectivity index is 2.24. The third-order valence-electron chi connectivity index (χ3n) is 2.96. The molecule has 1 aromatic heterocycles. The molecule has 19 heavy (non-hydrogen) atoms. The largest absolute Gasteiger partial charge is 0.481 e. The zero-order valence-corrected chi connectivity index (χ0v) is 11.1. The van der Waals surface area contributed by atoms with Gasteiger partial charge < -0.3 is 15.7 Å². The van der Waals surface area contributed by atoms with Crippen LogP contribution in [-0.4, -0.2) is 46.1 Å². The van der Waals surface area contributed by atoms with Crippen molar-refractivity contribution in [2.75, 3.05) is 23.0 Å². The molecule has 7 heteroatoms. The first kappa shape index (κ1) is 13.7. The minimum absolute atomic E-state index is 0.0650. The quantitative estimate of drug-likeness (QED) is 0.838. The normalized spacial score (nSPS) is 19.2. The van der Waals surface area contributed by atoms with Gasteiger partial charge in [-0.2, -0.15) is 11.8 Å². The van der Waals surface area contributed by atoms with E-state index in [9.17, 15) is 9.59 Å². The summed E-state index contributed by atoms with van der Waals surface area (Å²) in [6.45, 7) is 0.720. The van der Waals surface area contributed by atoms with Crippen LogP contribution in [0.3, 0.4) is 0 Å². The van der Waals surface area contributed by atoms with E-state index in [-0.39, 0.29) is 12.5 Å².